The first-order valence-electron chi connectivity index (χ1n) is 8.19. The Morgan fingerprint density at radius 2 is 2.17 bits per heavy atom. The van der Waals surface area contributed by atoms with Crippen molar-refractivity contribution in [3.05, 3.63) is 40.4 Å². The Labute approximate surface area is 145 Å². The molecule has 3 heterocycles. The van der Waals surface area contributed by atoms with Gasteiger partial charge in [0.2, 0.25) is 5.89 Å². The van der Waals surface area contributed by atoms with E-state index in [9.17, 15) is 0 Å². The van der Waals surface area contributed by atoms with Crippen LogP contribution >= 0.6 is 11.3 Å². The van der Waals surface area contributed by atoms with Gasteiger partial charge in [0.05, 0.1) is 24.2 Å². The van der Waals surface area contributed by atoms with E-state index in [0.717, 1.165) is 17.8 Å². The quantitative estimate of drug-likeness (QED) is 0.711. The predicted molar refractivity (Wildman–Crippen MR) is 95.0 cm³/mol. The van der Waals surface area contributed by atoms with Gasteiger partial charge in [-0.05, 0) is 44.4 Å². The second-order valence-electron chi connectivity index (χ2n) is 6.09. The highest BCUT2D eigenvalue weighted by atomic mass is 32.1. The Morgan fingerprint density at radius 3 is 2.83 bits per heavy atom. The molecule has 128 valence electrons. The normalized spacial score (nSPS) is 12.7. The van der Waals surface area contributed by atoms with Gasteiger partial charge in [-0.2, -0.15) is 5.10 Å². The van der Waals surface area contributed by atoms with Crippen LogP contribution in [-0.2, 0) is 19.5 Å². The van der Waals surface area contributed by atoms with E-state index in [2.05, 4.69) is 47.5 Å². The molecule has 0 aromatic carbocycles. The number of rotatable bonds is 7. The van der Waals surface area contributed by atoms with Crippen LogP contribution in [0.3, 0.4) is 0 Å². The Hall–Kier alpha value is -1.99. The molecule has 0 aliphatic rings. The molecule has 0 saturated carbocycles. The summed E-state index contributed by atoms with van der Waals surface area (Å²) in [5.74, 6) is 1.22. The van der Waals surface area contributed by atoms with Crippen LogP contribution in [0, 0.1) is 13.8 Å². The van der Waals surface area contributed by atoms with Crippen molar-refractivity contribution in [3.8, 4) is 10.8 Å². The maximum absolute atomic E-state index is 5.79. The van der Waals surface area contributed by atoms with Crippen LogP contribution < -0.4 is 5.32 Å². The summed E-state index contributed by atoms with van der Waals surface area (Å²) in [5.41, 5.74) is 2.46. The van der Waals surface area contributed by atoms with Gasteiger partial charge in [-0.1, -0.05) is 6.92 Å². The van der Waals surface area contributed by atoms with Gasteiger partial charge < -0.3 is 9.73 Å². The fraction of sp³-hybridized carbons (Fsp3) is 0.471. The Bertz CT molecular complexity index is 804. The predicted octanol–water partition coefficient (Wildman–Crippen LogP) is 3.35. The topological polar surface area (TPSA) is 68.8 Å². The second-order valence-corrected chi connectivity index (χ2v) is 7.23. The van der Waals surface area contributed by atoms with E-state index in [1.807, 2.05) is 24.0 Å². The standard InChI is InChI=1S/C17H23N5OS/c1-5-14-12(3)6-15(24-14)17-21-20-16(23-17)8-18-13(4)10-22-9-11(2)7-19-22/h6-7,9,13,18H,5,8,10H2,1-4H3/t13-/m0/s1. The third-order valence-corrected chi connectivity index (χ3v) is 5.21. The zero-order chi connectivity index (χ0) is 17.1. The van der Waals surface area contributed by atoms with Gasteiger partial charge in [0.1, 0.15) is 0 Å². The number of nitrogens with one attached hydrogen (secondary N) is 1. The molecule has 1 N–H and O–H groups in total. The van der Waals surface area contributed by atoms with Crippen LogP contribution in [0.5, 0.6) is 0 Å². The second kappa shape index (κ2) is 7.27. The molecule has 0 radical (unpaired) electrons. The molecule has 24 heavy (non-hydrogen) atoms. The lowest BCUT2D eigenvalue weighted by Gasteiger charge is -2.12. The Kier molecular flexibility index (Phi) is 5.11. The van der Waals surface area contributed by atoms with Crippen molar-refractivity contribution in [1.29, 1.82) is 0 Å². The number of thiophene rings is 1. The minimum Gasteiger partial charge on any atom is -0.419 e. The van der Waals surface area contributed by atoms with E-state index >= 15 is 0 Å². The number of aromatic nitrogens is 4. The van der Waals surface area contributed by atoms with Crippen molar-refractivity contribution in [1.82, 2.24) is 25.3 Å². The van der Waals surface area contributed by atoms with E-state index in [4.69, 9.17) is 4.42 Å². The average Bonchev–Trinajstić information content (AvgIpc) is 3.25. The number of hydrogen-bond donors (Lipinski definition) is 1. The Balaban J connectivity index is 1.57. The van der Waals surface area contributed by atoms with Gasteiger partial charge in [-0.25, -0.2) is 0 Å². The van der Waals surface area contributed by atoms with Crippen LogP contribution in [0.25, 0.3) is 10.8 Å². The minimum atomic E-state index is 0.260. The first kappa shape index (κ1) is 16.9. The summed E-state index contributed by atoms with van der Waals surface area (Å²) in [6.07, 6.45) is 4.93. The van der Waals surface area contributed by atoms with Crippen LogP contribution in [0.4, 0.5) is 0 Å². The van der Waals surface area contributed by atoms with Crippen LogP contribution in [0.1, 0.15) is 35.7 Å². The maximum Gasteiger partial charge on any atom is 0.257 e. The SMILES string of the molecule is CCc1sc(-c2nnc(CN[C@@H](C)Cn3cc(C)cn3)o2)cc1C. The highest BCUT2D eigenvalue weighted by molar-refractivity contribution is 7.15. The summed E-state index contributed by atoms with van der Waals surface area (Å²) in [7, 11) is 0. The molecule has 7 heteroatoms. The van der Waals surface area contributed by atoms with Crippen LogP contribution in [0.15, 0.2) is 22.9 Å². The van der Waals surface area contributed by atoms with Gasteiger partial charge in [0, 0.05) is 17.1 Å². The van der Waals surface area contributed by atoms with Gasteiger partial charge >= 0.3 is 0 Å². The van der Waals surface area contributed by atoms with Gasteiger partial charge in [0.15, 0.2) is 0 Å². The fourth-order valence-electron chi connectivity index (χ4n) is 2.57. The van der Waals surface area contributed by atoms with Crippen molar-refractivity contribution in [2.75, 3.05) is 0 Å². The Morgan fingerprint density at radius 1 is 1.33 bits per heavy atom. The van der Waals surface area contributed by atoms with Gasteiger partial charge in [0.25, 0.3) is 5.89 Å². The number of hydrogen-bond acceptors (Lipinski definition) is 6. The third-order valence-electron chi connectivity index (χ3n) is 3.84. The molecule has 0 bridgehead atoms. The maximum atomic E-state index is 5.79. The third kappa shape index (κ3) is 3.91. The molecule has 0 fully saturated rings. The molecule has 0 spiro atoms. The largest absolute Gasteiger partial charge is 0.419 e. The van der Waals surface area contributed by atoms with E-state index in [0.29, 0.717) is 18.3 Å². The molecular weight excluding hydrogens is 322 g/mol. The molecular formula is C17H23N5OS. The summed E-state index contributed by atoms with van der Waals surface area (Å²) in [5, 5.41) is 16.0. The molecule has 0 aliphatic carbocycles. The zero-order valence-corrected chi connectivity index (χ0v) is 15.4. The van der Waals surface area contributed by atoms with Gasteiger partial charge in [-0.15, -0.1) is 21.5 Å². The van der Waals surface area contributed by atoms with Crippen LogP contribution in [-0.4, -0.2) is 26.0 Å². The van der Waals surface area contributed by atoms with E-state index < -0.39 is 0 Å². The molecule has 3 rings (SSSR count). The summed E-state index contributed by atoms with van der Waals surface area (Å²) in [6.45, 7) is 9.80. The van der Waals surface area contributed by atoms with E-state index in [-0.39, 0.29) is 6.04 Å². The molecule has 0 aliphatic heterocycles. The highest BCUT2D eigenvalue weighted by Crippen LogP contribution is 2.30. The molecule has 1 atom stereocenters. The minimum absolute atomic E-state index is 0.260. The van der Waals surface area contributed by atoms with Crippen molar-refractivity contribution in [2.45, 2.75) is 53.2 Å². The lowest BCUT2D eigenvalue weighted by Crippen LogP contribution is -2.30. The smallest absolute Gasteiger partial charge is 0.257 e. The van der Waals surface area contributed by atoms with Crippen molar-refractivity contribution in [2.24, 2.45) is 0 Å². The van der Waals surface area contributed by atoms with E-state index in [1.54, 1.807) is 11.3 Å². The number of aryl methyl sites for hydroxylation is 3. The zero-order valence-electron chi connectivity index (χ0n) is 14.5. The van der Waals surface area contributed by atoms with E-state index in [1.165, 1.54) is 16.0 Å². The molecule has 6 nitrogen and oxygen atoms in total. The molecule has 3 aromatic heterocycles. The average molecular weight is 345 g/mol. The summed E-state index contributed by atoms with van der Waals surface area (Å²) >= 11 is 1.73. The molecule has 0 saturated heterocycles. The molecule has 0 amide bonds. The summed E-state index contributed by atoms with van der Waals surface area (Å²) in [4.78, 5) is 2.41. The first-order valence-corrected chi connectivity index (χ1v) is 9.01. The fourth-order valence-corrected chi connectivity index (χ4v) is 3.61. The lowest BCUT2D eigenvalue weighted by atomic mass is 10.2. The first-order chi connectivity index (χ1) is 11.5. The molecule has 0 unspecified atom stereocenters. The monoisotopic (exact) mass is 345 g/mol. The summed E-state index contributed by atoms with van der Waals surface area (Å²) < 4.78 is 7.73. The van der Waals surface area contributed by atoms with Crippen molar-refractivity contribution in [3.63, 3.8) is 0 Å². The highest BCUT2D eigenvalue weighted by Gasteiger charge is 2.13. The van der Waals surface area contributed by atoms with Crippen molar-refractivity contribution < 1.29 is 4.42 Å². The van der Waals surface area contributed by atoms with Gasteiger partial charge in [-0.3, -0.25) is 4.68 Å². The van der Waals surface area contributed by atoms with Crippen molar-refractivity contribution >= 4 is 11.3 Å². The number of nitrogens with zero attached hydrogens (tertiary/aromatic N) is 4. The summed E-state index contributed by atoms with van der Waals surface area (Å²) in [6, 6.07) is 2.38. The lowest BCUT2D eigenvalue weighted by molar-refractivity contribution is 0.411. The van der Waals surface area contributed by atoms with Crippen LogP contribution in [0.2, 0.25) is 0 Å². The molecule has 3 aromatic rings.